The Hall–Kier alpha value is -2.58. The third-order valence-electron chi connectivity index (χ3n) is 3.80. The van der Waals surface area contributed by atoms with Crippen LogP contribution in [0.1, 0.15) is 6.92 Å². The molecule has 1 heterocycles. The van der Waals surface area contributed by atoms with Gasteiger partial charge in [-0.1, -0.05) is 29.5 Å². The van der Waals surface area contributed by atoms with Gasteiger partial charge >= 0.3 is 6.03 Å². The summed E-state index contributed by atoms with van der Waals surface area (Å²) >= 11 is 3.14. The number of urea groups is 1. The summed E-state index contributed by atoms with van der Waals surface area (Å²) < 4.78 is 1.01. The number of nitrogens with zero attached hydrogens (tertiary/aromatic N) is 1. The van der Waals surface area contributed by atoms with Crippen molar-refractivity contribution < 1.29 is 9.59 Å². The summed E-state index contributed by atoms with van der Waals surface area (Å²) in [5.41, 5.74) is 3.12. The smallest absolute Gasteiger partial charge is 0.321 e. The first kappa shape index (κ1) is 19.2. The van der Waals surface area contributed by atoms with E-state index < -0.39 is 0 Å². The van der Waals surface area contributed by atoms with E-state index in [-0.39, 0.29) is 11.9 Å². The Balaban J connectivity index is 1.68. The van der Waals surface area contributed by atoms with Gasteiger partial charge in [0.25, 0.3) is 0 Å². The summed E-state index contributed by atoms with van der Waals surface area (Å²) in [6.45, 7) is 2.18. The van der Waals surface area contributed by atoms with E-state index in [9.17, 15) is 9.59 Å². The summed E-state index contributed by atoms with van der Waals surface area (Å²) in [4.78, 5) is 28.4. The molecule has 3 N–H and O–H groups in total. The van der Waals surface area contributed by atoms with Crippen LogP contribution < -0.4 is 16.0 Å². The minimum atomic E-state index is -0.340. The molecule has 0 fully saturated rings. The number of carbonyl (C=O) groups excluding carboxylic acids is 2. The minimum Gasteiger partial charge on any atom is -0.355 e. The number of hydrogen-bond donors (Lipinski definition) is 3. The van der Waals surface area contributed by atoms with Crippen LogP contribution in [0, 0.1) is 0 Å². The lowest BCUT2D eigenvalue weighted by Gasteiger charge is -2.05. The second-order valence-corrected chi connectivity index (χ2v) is 7.71. The average molecular weight is 401 g/mol. The van der Waals surface area contributed by atoms with Crippen LogP contribution in [0.15, 0.2) is 47.4 Å². The highest BCUT2D eigenvalue weighted by Crippen LogP contribution is 2.31. The molecule has 0 bridgehead atoms. The van der Waals surface area contributed by atoms with E-state index in [1.54, 1.807) is 11.8 Å². The summed E-state index contributed by atoms with van der Waals surface area (Å²) in [6, 6.07) is 14.1. The highest BCUT2D eigenvalue weighted by atomic mass is 32.2. The molecule has 8 heteroatoms. The summed E-state index contributed by atoms with van der Waals surface area (Å²) in [5.74, 6) is -0.123. The monoisotopic (exact) mass is 400 g/mol. The predicted molar refractivity (Wildman–Crippen MR) is 113 cm³/mol. The molecule has 2 aromatic carbocycles. The van der Waals surface area contributed by atoms with Crippen LogP contribution in [0.4, 0.5) is 9.93 Å². The van der Waals surface area contributed by atoms with Gasteiger partial charge in [0.1, 0.15) is 0 Å². The number of amides is 3. The quantitative estimate of drug-likeness (QED) is 0.432. The van der Waals surface area contributed by atoms with Gasteiger partial charge < -0.3 is 10.6 Å². The molecule has 0 spiro atoms. The number of thiazole rings is 1. The van der Waals surface area contributed by atoms with Crippen molar-refractivity contribution in [3.05, 3.63) is 42.5 Å². The number of anilines is 1. The first-order valence-corrected chi connectivity index (χ1v) is 10.4. The summed E-state index contributed by atoms with van der Waals surface area (Å²) in [6.07, 6.45) is 2.06. The Kier molecular flexibility index (Phi) is 6.31. The normalized spacial score (nSPS) is 10.6. The summed E-state index contributed by atoms with van der Waals surface area (Å²) in [5, 5.41) is 8.58. The van der Waals surface area contributed by atoms with Gasteiger partial charge in [0.2, 0.25) is 5.91 Å². The largest absolute Gasteiger partial charge is 0.355 e. The minimum absolute atomic E-state index is 0.123. The Bertz CT molecular complexity index is 971. The molecular formula is C19H20N4O2S2. The van der Waals surface area contributed by atoms with E-state index in [0.717, 1.165) is 21.3 Å². The lowest BCUT2D eigenvalue weighted by atomic mass is 10.1. The molecule has 0 atom stereocenters. The van der Waals surface area contributed by atoms with E-state index >= 15 is 0 Å². The van der Waals surface area contributed by atoms with Crippen LogP contribution in [0.25, 0.3) is 21.3 Å². The highest BCUT2D eigenvalue weighted by Gasteiger charge is 2.09. The van der Waals surface area contributed by atoms with Gasteiger partial charge in [-0.05, 0) is 41.6 Å². The zero-order valence-electron chi connectivity index (χ0n) is 15.0. The average Bonchev–Trinajstić information content (AvgIpc) is 3.06. The van der Waals surface area contributed by atoms with Crippen molar-refractivity contribution in [1.29, 1.82) is 0 Å². The number of fused-ring (bicyclic) bond motifs is 1. The van der Waals surface area contributed by atoms with Crippen LogP contribution >= 0.6 is 23.1 Å². The van der Waals surface area contributed by atoms with Crippen LogP contribution in [0.2, 0.25) is 0 Å². The third-order valence-corrected chi connectivity index (χ3v) is 5.46. The van der Waals surface area contributed by atoms with Crippen molar-refractivity contribution in [2.75, 3.05) is 24.7 Å². The van der Waals surface area contributed by atoms with Crippen molar-refractivity contribution in [2.24, 2.45) is 0 Å². The molecule has 140 valence electrons. The van der Waals surface area contributed by atoms with Gasteiger partial charge in [0, 0.05) is 24.9 Å². The van der Waals surface area contributed by atoms with Crippen LogP contribution in [0.3, 0.4) is 0 Å². The molecule has 0 saturated carbocycles. The second-order valence-electron chi connectivity index (χ2n) is 5.80. The van der Waals surface area contributed by atoms with Crippen molar-refractivity contribution in [3.63, 3.8) is 0 Å². The fourth-order valence-corrected chi connectivity index (χ4v) is 3.88. The Labute approximate surface area is 165 Å². The number of aromatic nitrogens is 1. The van der Waals surface area contributed by atoms with Crippen LogP contribution in [-0.2, 0) is 4.79 Å². The van der Waals surface area contributed by atoms with Gasteiger partial charge in [-0.2, -0.15) is 0 Å². The maximum absolute atomic E-state index is 11.9. The lowest BCUT2D eigenvalue weighted by Crippen LogP contribution is -2.36. The molecule has 3 aromatic rings. The SMILES string of the molecule is CSc1cccc(-c2ccc3nc(NC(=O)NCCNC(C)=O)sc3c2)c1. The van der Waals surface area contributed by atoms with Crippen LogP contribution in [-0.4, -0.2) is 36.3 Å². The van der Waals surface area contributed by atoms with Crippen molar-refractivity contribution in [2.45, 2.75) is 11.8 Å². The Morgan fingerprint density at radius 1 is 1.07 bits per heavy atom. The molecule has 0 radical (unpaired) electrons. The molecule has 3 rings (SSSR count). The van der Waals surface area contributed by atoms with Gasteiger partial charge in [0.15, 0.2) is 5.13 Å². The first-order valence-electron chi connectivity index (χ1n) is 8.39. The van der Waals surface area contributed by atoms with Crippen molar-refractivity contribution in [1.82, 2.24) is 15.6 Å². The predicted octanol–water partition coefficient (Wildman–Crippen LogP) is 3.94. The van der Waals surface area contributed by atoms with E-state index in [1.807, 2.05) is 12.1 Å². The molecule has 0 saturated heterocycles. The maximum atomic E-state index is 11.9. The number of carbonyl (C=O) groups is 2. The van der Waals surface area contributed by atoms with Gasteiger partial charge in [-0.25, -0.2) is 9.78 Å². The van der Waals surface area contributed by atoms with Crippen molar-refractivity contribution in [3.8, 4) is 11.1 Å². The molecule has 27 heavy (non-hydrogen) atoms. The molecule has 0 unspecified atom stereocenters. The fraction of sp³-hybridized carbons (Fsp3) is 0.211. The lowest BCUT2D eigenvalue weighted by molar-refractivity contribution is -0.118. The number of thioether (sulfide) groups is 1. The van der Waals surface area contributed by atoms with E-state index in [4.69, 9.17) is 0 Å². The van der Waals surface area contributed by atoms with Gasteiger partial charge in [-0.15, -0.1) is 11.8 Å². The van der Waals surface area contributed by atoms with E-state index in [2.05, 4.69) is 57.5 Å². The Morgan fingerprint density at radius 2 is 1.85 bits per heavy atom. The highest BCUT2D eigenvalue weighted by molar-refractivity contribution is 7.98. The standard InChI is InChI=1S/C19H20N4O2S2/c1-12(24)20-8-9-21-18(25)23-19-22-16-7-6-14(11-17(16)27-19)13-4-3-5-15(10-13)26-2/h3-7,10-11H,8-9H2,1-2H3,(H,20,24)(H2,21,22,23,25). The zero-order valence-corrected chi connectivity index (χ0v) is 16.7. The van der Waals surface area contributed by atoms with Gasteiger partial charge in [-0.3, -0.25) is 10.1 Å². The first-order chi connectivity index (χ1) is 13.0. The fourth-order valence-electron chi connectivity index (χ4n) is 2.52. The number of nitrogens with one attached hydrogen (secondary N) is 3. The molecule has 3 amide bonds. The Morgan fingerprint density at radius 3 is 2.63 bits per heavy atom. The third kappa shape index (κ3) is 5.21. The molecule has 1 aromatic heterocycles. The van der Waals surface area contributed by atoms with Crippen molar-refractivity contribution >= 4 is 50.4 Å². The zero-order chi connectivity index (χ0) is 19.2. The number of rotatable bonds is 6. The van der Waals surface area contributed by atoms with Crippen LogP contribution in [0.5, 0.6) is 0 Å². The maximum Gasteiger partial charge on any atom is 0.321 e. The topological polar surface area (TPSA) is 83.1 Å². The molecule has 6 nitrogen and oxygen atoms in total. The number of benzene rings is 2. The van der Waals surface area contributed by atoms with E-state index in [1.165, 1.54) is 23.2 Å². The molecule has 0 aliphatic heterocycles. The second kappa shape index (κ2) is 8.88. The number of hydrogen-bond acceptors (Lipinski definition) is 5. The summed E-state index contributed by atoms with van der Waals surface area (Å²) in [7, 11) is 0. The molecule has 0 aliphatic carbocycles. The molecule has 0 aliphatic rings. The molecular weight excluding hydrogens is 380 g/mol. The van der Waals surface area contributed by atoms with E-state index in [0.29, 0.717) is 18.2 Å². The van der Waals surface area contributed by atoms with Gasteiger partial charge in [0.05, 0.1) is 10.2 Å².